The van der Waals surface area contributed by atoms with Crippen molar-refractivity contribution in [1.29, 1.82) is 0 Å². The molecule has 0 amide bonds. The minimum atomic E-state index is -0.0206. The Labute approximate surface area is 345 Å². The number of thiophene rings is 1. The monoisotopic (exact) mass is 768 g/mol. The van der Waals surface area contributed by atoms with Crippen molar-refractivity contribution < 1.29 is 4.42 Å². The lowest BCUT2D eigenvalue weighted by Crippen LogP contribution is -2.14. The number of para-hydroxylation sites is 1. The molecule has 0 N–H and O–H groups in total. The van der Waals surface area contributed by atoms with Crippen LogP contribution in [0.3, 0.4) is 0 Å². The van der Waals surface area contributed by atoms with Crippen molar-refractivity contribution in [2.45, 2.75) is 19.3 Å². The summed E-state index contributed by atoms with van der Waals surface area (Å²) >= 11 is 1.86. The van der Waals surface area contributed by atoms with Gasteiger partial charge in [0.15, 0.2) is 0 Å². The quantitative estimate of drug-likeness (QED) is 0.163. The largest absolute Gasteiger partial charge is 0.455 e. The lowest BCUT2D eigenvalue weighted by Gasteiger charge is -2.22. The molecule has 0 radical (unpaired) electrons. The van der Waals surface area contributed by atoms with Crippen LogP contribution in [-0.4, -0.2) is 0 Å². The van der Waals surface area contributed by atoms with Gasteiger partial charge in [0.1, 0.15) is 11.2 Å². The number of benzene rings is 10. The van der Waals surface area contributed by atoms with Gasteiger partial charge in [0.25, 0.3) is 0 Å². The van der Waals surface area contributed by atoms with E-state index in [1.807, 2.05) is 17.4 Å². The van der Waals surface area contributed by atoms with Crippen LogP contribution >= 0.6 is 11.3 Å². The molecule has 1 nitrogen and oxygen atoms in total. The fourth-order valence-electron chi connectivity index (χ4n) is 10.5. The molecule has 1 aliphatic carbocycles. The summed E-state index contributed by atoms with van der Waals surface area (Å²) in [5.74, 6) is 0. The Balaban J connectivity index is 0.919. The number of hydrogen-bond acceptors (Lipinski definition) is 2. The molecule has 0 saturated heterocycles. The third-order valence-electron chi connectivity index (χ3n) is 13.3. The highest BCUT2D eigenvalue weighted by Crippen LogP contribution is 2.51. The molecule has 2 heteroatoms. The van der Waals surface area contributed by atoms with Gasteiger partial charge in [-0.05, 0) is 118 Å². The molecule has 59 heavy (non-hydrogen) atoms. The Bertz CT molecular complexity index is 3690. The SMILES string of the molecule is CC1(C)c2ccccc2-c2cc(-c3c4ccccc4c(-c4ccc(-c5ccc6c(ccc7c6sc6ccc8c9ccccc9oc8c67)c5)cc4)c4ccccc34)ccc21. The summed E-state index contributed by atoms with van der Waals surface area (Å²) in [4.78, 5) is 0. The molecule has 13 rings (SSSR count). The highest BCUT2D eigenvalue weighted by molar-refractivity contribution is 7.26. The lowest BCUT2D eigenvalue weighted by atomic mass is 9.81. The van der Waals surface area contributed by atoms with Gasteiger partial charge in [0, 0.05) is 36.4 Å². The molecule has 1 aliphatic rings. The van der Waals surface area contributed by atoms with E-state index in [4.69, 9.17) is 4.42 Å². The zero-order valence-electron chi connectivity index (χ0n) is 32.6. The second-order valence-corrected chi connectivity index (χ2v) is 17.8. The van der Waals surface area contributed by atoms with Crippen LogP contribution in [0.1, 0.15) is 25.0 Å². The van der Waals surface area contributed by atoms with Gasteiger partial charge in [-0.3, -0.25) is 0 Å². The Hall–Kier alpha value is -7.00. The van der Waals surface area contributed by atoms with Gasteiger partial charge in [-0.1, -0.05) is 166 Å². The van der Waals surface area contributed by atoms with E-state index in [9.17, 15) is 0 Å². The van der Waals surface area contributed by atoms with Crippen molar-refractivity contribution in [2.75, 3.05) is 0 Å². The number of rotatable bonds is 3. The molecule has 0 atom stereocenters. The average molecular weight is 769 g/mol. The van der Waals surface area contributed by atoms with E-state index < -0.39 is 0 Å². The smallest absolute Gasteiger partial charge is 0.144 e. The predicted molar refractivity (Wildman–Crippen MR) is 253 cm³/mol. The number of fused-ring (bicyclic) bond motifs is 14. The maximum Gasteiger partial charge on any atom is 0.144 e. The standard InChI is InChI=1S/C57H36OS/c1-57(2)48-17-9-7-11-39(48)47-32-37(25-29-49(47)57)53-43-15-5-3-13-41(43)52(42-14-4-6-16-44(42)53)34-21-19-33(20-22-34)35-23-26-38-36(31-35)24-27-46-54-51(59-56(38)46)30-28-45-40-12-8-10-18-50(40)58-55(45)54/h3-32H,1-2H3. The highest BCUT2D eigenvalue weighted by atomic mass is 32.1. The molecule has 0 bridgehead atoms. The molecule has 0 saturated carbocycles. The van der Waals surface area contributed by atoms with Crippen molar-refractivity contribution >= 4 is 85.8 Å². The summed E-state index contributed by atoms with van der Waals surface area (Å²) in [5.41, 5.74) is 14.9. The van der Waals surface area contributed by atoms with Gasteiger partial charge in [-0.15, -0.1) is 11.3 Å². The summed E-state index contributed by atoms with van der Waals surface area (Å²) < 4.78 is 9.04. The zero-order chi connectivity index (χ0) is 39.0. The summed E-state index contributed by atoms with van der Waals surface area (Å²) in [6.07, 6.45) is 0. The van der Waals surface area contributed by atoms with E-state index in [2.05, 4.69) is 190 Å². The first-order valence-electron chi connectivity index (χ1n) is 20.5. The third-order valence-corrected chi connectivity index (χ3v) is 14.5. The van der Waals surface area contributed by atoms with Crippen LogP contribution in [0.5, 0.6) is 0 Å². The molecule has 12 aromatic rings. The first-order valence-corrected chi connectivity index (χ1v) is 21.3. The Morgan fingerprint density at radius 1 is 0.407 bits per heavy atom. The van der Waals surface area contributed by atoms with Crippen LogP contribution in [0, 0.1) is 0 Å². The molecule has 2 heterocycles. The van der Waals surface area contributed by atoms with E-state index in [1.54, 1.807) is 0 Å². The number of furan rings is 1. The summed E-state index contributed by atoms with van der Waals surface area (Å²) in [6, 6.07) is 67.6. The first-order chi connectivity index (χ1) is 29.0. The first kappa shape index (κ1) is 33.0. The van der Waals surface area contributed by atoms with Crippen LogP contribution in [0.15, 0.2) is 186 Å². The summed E-state index contributed by atoms with van der Waals surface area (Å²) in [5, 5.41) is 12.5. The van der Waals surface area contributed by atoms with Crippen molar-refractivity contribution in [3.63, 3.8) is 0 Å². The molecule has 0 unspecified atom stereocenters. The van der Waals surface area contributed by atoms with Crippen molar-refractivity contribution in [3.05, 3.63) is 193 Å². The van der Waals surface area contributed by atoms with Crippen LogP contribution in [0.4, 0.5) is 0 Å². The van der Waals surface area contributed by atoms with Crippen molar-refractivity contribution in [3.8, 4) is 44.5 Å². The second-order valence-electron chi connectivity index (χ2n) is 16.7. The van der Waals surface area contributed by atoms with Crippen LogP contribution < -0.4 is 0 Å². The van der Waals surface area contributed by atoms with E-state index in [0.29, 0.717) is 0 Å². The van der Waals surface area contributed by atoms with Gasteiger partial charge >= 0.3 is 0 Å². The van der Waals surface area contributed by atoms with Crippen LogP contribution in [0.25, 0.3) is 119 Å². The molecular weight excluding hydrogens is 733 g/mol. The van der Waals surface area contributed by atoms with E-state index in [0.717, 1.165) is 11.2 Å². The molecule has 0 fully saturated rings. The fourth-order valence-corrected chi connectivity index (χ4v) is 11.7. The predicted octanol–water partition coefficient (Wildman–Crippen LogP) is 16.7. The molecule has 10 aromatic carbocycles. The lowest BCUT2D eigenvalue weighted by molar-refractivity contribution is 0.660. The van der Waals surface area contributed by atoms with Gasteiger partial charge in [0.05, 0.1) is 0 Å². The molecule has 0 aliphatic heterocycles. The summed E-state index contributed by atoms with van der Waals surface area (Å²) in [6.45, 7) is 4.71. The second kappa shape index (κ2) is 12.0. The maximum absolute atomic E-state index is 6.47. The van der Waals surface area contributed by atoms with Gasteiger partial charge in [-0.2, -0.15) is 0 Å². The zero-order valence-corrected chi connectivity index (χ0v) is 33.5. The minimum Gasteiger partial charge on any atom is -0.455 e. The Morgan fingerprint density at radius 3 is 1.75 bits per heavy atom. The average Bonchev–Trinajstić information content (AvgIpc) is 3.93. The van der Waals surface area contributed by atoms with Gasteiger partial charge in [-0.25, -0.2) is 0 Å². The van der Waals surface area contributed by atoms with E-state index in [1.165, 1.54) is 119 Å². The Morgan fingerprint density at radius 2 is 0.983 bits per heavy atom. The highest BCUT2D eigenvalue weighted by Gasteiger charge is 2.35. The third kappa shape index (κ3) is 4.61. The van der Waals surface area contributed by atoms with Crippen molar-refractivity contribution in [2.24, 2.45) is 0 Å². The molecule has 2 aromatic heterocycles. The molecule has 276 valence electrons. The van der Waals surface area contributed by atoms with Crippen molar-refractivity contribution in [1.82, 2.24) is 0 Å². The van der Waals surface area contributed by atoms with E-state index in [-0.39, 0.29) is 5.41 Å². The van der Waals surface area contributed by atoms with Gasteiger partial charge < -0.3 is 4.42 Å². The normalized spacial score (nSPS) is 13.4. The molecule has 0 spiro atoms. The van der Waals surface area contributed by atoms with E-state index >= 15 is 0 Å². The topological polar surface area (TPSA) is 13.1 Å². The summed E-state index contributed by atoms with van der Waals surface area (Å²) in [7, 11) is 0. The van der Waals surface area contributed by atoms with Crippen LogP contribution in [-0.2, 0) is 5.41 Å². The number of hydrogen-bond donors (Lipinski definition) is 0. The van der Waals surface area contributed by atoms with Crippen LogP contribution in [0.2, 0.25) is 0 Å². The molecular formula is C57H36OS. The Kier molecular flexibility index (Phi) is 6.73. The minimum absolute atomic E-state index is 0.0206. The van der Waals surface area contributed by atoms with Gasteiger partial charge in [0.2, 0.25) is 0 Å². The fraction of sp³-hybridized carbons (Fsp3) is 0.0526. The maximum atomic E-state index is 6.47.